The van der Waals surface area contributed by atoms with Crippen LogP contribution in [-0.2, 0) is 39.0 Å². The molecule has 0 saturated carbocycles. The molecule has 0 bridgehead atoms. The van der Waals surface area contributed by atoms with E-state index in [2.05, 4.69) is 12.2 Å². The zero-order chi connectivity index (χ0) is 5.98. The first kappa shape index (κ1) is 13.0. The minimum absolute atomic E-state index is 0. The van der Waals surface area contributed by atoms with Crippen molar-refractivity contribution < 1.29 is 44.2 Å². The van der Waals surface area contributed by atoms with Gasteiger partial charge in [0, 0.05) is 45.2 Å². The van der Waals surface area contributed by atoms with E-state index >= 15 is 0 Å². The first-order valence-electron chi connectivity index (χ1n) is 2.17. The largest absolute Gasteiger partial charge is 0.428 e. The molecule has 0 saturated heterocycles. The summed E-state index contributed by atoms with van der Waals surface area (Å²) in [6.45, 7) is 0. The Bertz CT molecular complexity index is 237. The molecule has 1 aromatic heterocycles. The van der Waals surface area contributed by atoms with Crippen molar-refractivity contribution in [2.24, 2.45) is 0 Å². The normalized spacial score (nSPS) is 7.20. The van der Waals surface area contributed by atoms with Crippen LogP contribution in [0, 0.1) is 4.64 Å². The molecule has 0 unspecified atom stereocenters. The molecule has 0 atom stereocenters. The fraction of sp³-hybridized carbons (Fsp3) is 0. The van der Waals surface area contributed by atoms with Crippen LogP contribution in [0.2, 0.25) is 0 Å². The van der Waals surface area contributed by atoms with Crippen molar-refractivity contribution in [2.45, 2.75) is 0 Å². The van der Waals surface area contributed by atoms with Gasteiger partial charge < -0.3 is 5.21 Å². The fourth-order valence-electron chi connectivity index (χ4n) is 0.419. The molecule has 0 spiro atoms. The summed E-state index contributed by atoms with van der Waals surface area (Å²) in [5.74, 6) is 0. The molecule has 0 aliphatic rings. The van der Waals surface area contributed by atoms with Crippen LogP contribution in [0.15, 0.2) is 24.4 Å². The Kier molecular flexibility index (Phi) is 8.02. The summed E-state index contributed by atoms with van der Waals surface area (Å²) in [4.78, 5) is 0. The Labute approximate surface area is 89.7 Å². The van der Waals surface area contributed by atoms with Gasteiger partial charge in [-0.1, -0.05) is 18.3 Å². The van der Waals surface area contributed by atoms with Crippen molar-refractivity contribution in [3.63, 3.8) is 0 Å². The zero-order valence-electron chi connectivity index (χ0n) is 5.53. The number of hydrogen-bond donors (Lipinski definition) is 1. The maximum absolute atomic E-state index is 8.73. The van der Waals surface area contributed by atoms with Crippen molar-refractivity contribution in [1.82, 2.24) is 4.73 Å². The van der Waals surface area contributed by atoms with Gasteiger partial charge in [0.05, 0.1) is 0 Å². The molecule has 2 nitrogen and oxygen atoms in total. The van der Waals surface area contributed by atoms with Gasteiger partial charge in [0.15, 0.2) is 0 Å². The van der Waals surface area contributed by atoms with Crippen LogP contribution in [0.3, 0.4) is 0 Å². The van der Waals surface area contributed by atoms with Gasteiger partial charge in [-0.3, -0.25) is 0 Å². The summed E-state index contributed by atoms with van der Waals surface area (Å²) in [6.07, 6.45) is 1.49. The number of nitrogens with zero attached hydrogens (tertiary/aromatic N) is 1. The molecule has 5 heteroatoms. The Balaban J connectivity index is 0. The summed E-state index contributed by atoms with van der Waals surface area (Å²) >= 11 is 4.67. The standard InChI is InChI=1S/C5H5NOS.2Zn/c7-6-4-2-1-3-5(6)8;;/h1-4,7H;;. The van der Waals surface area contributed by atoms with Gasteiger partial charge in [-0.2, -0.15) is 4.73 Å². The van der Waals surface area contributed by atoms with Crippen LogP contribution >= 0.6 is 12.2 Å². The molecule has 0 aliphatic heterocycles. The molecule has 0 radical (unpaired) electrons. The van der Waals surface area contributed by atoms with Gasteiger partial charge in [-0.15, -0.1) is 0 Å². The van der Waals surface area contributed by atoms with E-state index in [4.69, 9.17) is 5.21 Å². The van der Waals surface area contributed by atoms with Crippen molar-refractivity contribution in [3.05, 3.63) is 29.0 Å². The number of hydrogen-bond acceptors (Lipinski definition) is 2. The third-order valence-corrected chi connectivity index (χ3v) is 1.13. The molecule has 46 valence electrons. The minimum Gasteiger partial charge on any atom is -0.428 e. The first-order chi connectivity index (χ1) is 3.80. The van der Waals surface area contributed by atoms with E-state index in [0.717, 1.165) is 4.73 Å². The SMILES string of the molecule is On1ccccc1=S.[Zn].[Zn]. The molecule has 1 rings (SSSR count). The Morgan fingerprint density at radius 3 is 2.20 bits per heavy atom. The third kappa shape index (κ3) is 3.55. The summed E-state index contributed by atoms with van der Waals surface area (Å²) in [5.41, 5.74) is 0. The van der Waals surface area contributed by atoms with Gasteiger partial charge in [-0.25, -0.2) is 0 Å². The Morgan fingerprint density at radius 2 is 1.90 bits per heavy atom. The van der Waals surface area contributed by atoms with Crippen LogP contribution in [-0.4, -0.2) is 9.94 Å². The minimum atomic E-state index is 0. The fourth-order valence-corrected chi connectivity index (χ4v) is 0.558. The van der Waals surface area contributed by atoms with Gasteiger partial charge in [-0.05, 0) is 12.1 Å². The predicted molar refractivity (Wildman–Crippen MR) is 32.5 cm³/mol. The Hall–Kier alpha value is 0.417. The smallest absolute Gasteiger partial charge is 0.142 e. The van der Waals surface area contributed by atoms with E-state index in [1.165, 1.54) is 6.20 Å². The molecular formula is C5H5NOSZn2. The summed E-state index contributed by atoms with van der Waals surface area (Å²) < 4.78 is 1.32. The van der Waals surface area contributed by atoms with Crippen molar-refractivity contribution >= 4 is 12.2 Å². The summed E-state index contributed by atoms with van der Waals surface area (Å²) in [7, 11) is 0. The van der Waals surface area contributed by atoms with E-state index in [0.29, 0.717) is 4.64 Å². The molecule has 1 heterocycles. The van der Waals surface area contributed by atoms with Crippen molar-refractivity contribution in [1.29, 1.82) is 0 Å². The molecule has 0 aromatic carbocycles. The second kappa shape index (κ2) is 6.15. The summed E-state index contributed by atoms with van der Waals surface area (Å²) in [5, 5.41) is 8.73. The predicted octanol–water partition coefficient (Wildman–Crippen LogP) is 1.45. The molecule has 0 aliphatic carbocycles. The van der Waals surface area contributed by atoms with Crippen LogP contribution in [0.1, 0.15) is 0 Å². The van der Waals surface area contributed by atoms with Crippen molar-refractivity contribution in [3.8, 4) is 0 Å². The second-order valence-corrected chi connectivity index (χ2v) is 1.80. The molecular weight excluding hydrogens is 253 g/mol. The zero-order valence-corrected chi connectivity index (χ0v) is 12.3. The van der Waals surface area contributed by atoms with E-state index in [1.54, 1.807) is 18.2 Å². The van der Waals surface area contributed by atoms with Crippen LogP contribution in [0.4, 0.5) is 0 Å². The maximum Gasteiger partial charge on any atom is 0.142 e. The van der Waals surface area contributed by atoms with Gasteiger partial charge in [0.1, 0.15) is 4.64 Å². The average molecular weight is 258 g/mol. The first-order valence-corrected chi connectivity index (χ1v) is 2.58. The van der Waals surface area contributed by atoms with E-state index in [-0.39, 0.29) is 39.0 Å². The van der Waals surface area contributed by atoms with Crippen LogP contribution < -0.4 is 0 Å². The molecule has 1 aromatic rings. The van der Waals surface area contributed by atoms with Crippen LogP contribution in [0.25, 0.3) is 0 Å². The molecule has 0 amide bonds. The number of pyridine rings is 1. The quantitative estimate of drug-likeness (QED) is 0.433. The van der Waals surface area contributed by atoms with E-state index < -0.39 is 0 Å². The second-order valence-electron chi connectivity index (χ2n) is 1.38. The van der Waals surface area contributed by atoms with E-state index in [9.17, 15) is 0 Å². The number of rotatable bonds is 0. The topological polar surface area (TPSA) is 25.2 Å². The third-order valence-electron chi connectivity index (χ3n) is 0.803. The average Bonchev–Trinajstić information content (AvgIpc) is 1.77. The molecule has 0 fully saturated rings. The Morgan fingerprint density at radius 1 is 1.30 bits per heavy atom. The molecule has 1 N–H and O–H groups in total. The number of aromatic nitrogens is 1. The van der Waals surface area contributed by atoms with Gasteiger partial charge in [0.2, 0.25) is 0 Å². The van der Waals surface area contributed by atoms with E-state index in [1.807, 2.05) is 0 Å². The van der Waals surface area contributed by atoms with Crippen LogP contribution in [0.5, 0.6) is 0 Å². The van der Waals surface area contributed by atoms with Crippen molar-refractivity contribution in [2.75, 3.05) is 0 Å². The van der Waals surface area contributed by atoms with Gasteiger partial charge in [0.25, 0.3) is 0 Å². The maximum atomic E-state index is 8.73. The monoisotopic (exact) mass is 255 g/mol. The van der Waals surface area contributed by atoms with Gasteiger partial charge >= 0.3 is 0 Å². The molecule has 10 heavy (non-hydrogen) atoms. The summed E-state index contributed by atoms with van der Waals surface area (Å²) in [6, 6.07) is 5.13.